The van der Waals surface area contributed by atoms with Gasteiger partial charge < -0.3 is 44.7 Å². The molecule has 7 N–H and O–H groups in total. The minimum absolute atomic E-state index is 0.108. The van der Waals surface area contributed by atoms with Crippen molar-refractivity contribution in [3.05, 3.63) is 44.1 Å². The average molecular weight is 508 g/mol. The Morgan fingerprint density at radius 2 is 1.78 bits per heavy atom. The van der Waals surface area contributed by atoms with Crippen molar-refractivity contribution in [3.8, 4) is 11.5 Å². The minimum Gasteiger partial charge on any atom is -0.394 e. The van der Waals surface area contributed by atoms with Gasteiger partial charge in [-0.2, -0.15) is 4.98 Å². The van der Waals surface area contributed by atoms with Crippen molar-refractivity contribution in [2.75, 3.05) is 13.2 Å². The van der Waals surface area contributed by atoms with Crippen molar-refractivity contribution in [3.63, 3.8) is 0 Å². The molecule has 0 bridgehead atoms. The first-order chi connectivity index (χ1) is 17.0. The first-order valence-corrected chi connectivity index (χ1v) is 11.2. The van der Waals surface area contributed by atoms with Crippen LogP contribution in [0.5, 0.6) is 0 Å². The van der Waals surface area contributed by atoms with E-state index in [4.69, 9.17) is 14.6 Å². The van der Waals surface area contributed by atoms with Crippen LogP contribution in [0.25, 0.3) is 22.6 Å². The molecule has 1 saturated heterocycles. The molecule has 0 radical (unpaired) electrons. The van der Waals surface area contributed by atoms with E-state index in [1.807, 2.05) is 13.8 Å². The molecule has 7 atom stereocenters. The molecule has 1 fully saturated rings. The van der Waals surface area contributed by atoms with Gasteiger partial charge in [-0.15, -0.1) is 0 Å². The van der Waals surface area contributed by atoms with Crippen LogP contribution in [0.4, 0.5) is 0 Å². The van der Waals surface area contributed by atoms with Crippen LogP contribution in [0.3, 0.4) is 0 Å². The average Bonchev–Trinajstić information content (AvgIpc) is 3.11. The quantitative estimate of drug-likeness (QED) is 0.149. The van der Waals surface area contributed by atoms with Crippen molar-refractivity contribution in [1.82, 2.24) is 19.5 Å². The summed E-state index contributed by atoms with van der Waals surface area (Å²) in [7, 11) is 0. The van der Waals surface area contributed by atoms with Gasteiger partial charge in [0.15, 0.2) is 17.8 Å². The molecular formula is C22H28N4O10. The van der Waals surface area contributed by atoms with Crippen LogP contribution in [0, 0.1) is 13.8 Å². The largest absolute Gasteiger partial charge is 0.394 e. The summed E-state index contributed by atoms with van der Waals surface area (Å²) >= 11 is 0. The molecule has 3 aliphatic heterocycles. The van der Waals surface area contributed by atoms with Crippen molar-refractivity contribution < 1.29 is 40.1 Å². The highest BCUT2D eigenvalue weighted by molar-refractivity contribution is 5.81. The number of rotatable bonds is 8. The second-order valence-corrected chi connectivity index (χ2v) is 8.86. The summed E-state index contributed by atoms with van der Waals surface area (Å²) in [6.07, 6.45) is -10.4. The van der Waals surface area contributed by atoms with Gasteiger partial charge in [-0.25, -0.2) is 9.78 Å². The summed E-state index contributed by atoms with van der Waals surface area (Å²) in [5.41, 5.74) is 0.780. The second-order valence-electron chi connectivity index (χ2n) is 8.86. The Balaban J connectivity index is 1.58. The highest BCUT2D eigenvalue weighted by Crippen LogP contribution is 2.25. The molecule has 14 nitrogen and oxygen atoms in total. The Labute approximate surface area is 203 Å². The van der Waals surface area contributed by atoms with Gasteiger partial charge in [0, 0.05) is 0 Å². The zero-order valence-corrected chi connectivity index (χ0v) is 19.5. The summed E-state index contributed by atoms with van der Waals surface area (Å²) in [6.45, 7) is 2.18. The van der Waals surface area contributed by atoms with Crippen LogP contribution < -0.4 is 11.2 Å². The fourth-order valence-electron chi connectivity index (χ4n) is 4.08. The number of aromatic nitrogens is 4. The fraction of sp³-hybridized carbons (Fsp3) is 0.545. The molecule has 0 amide bonds. The zero-order chi connectivity index (χ0) is 26.3. The highest BCUT2D eigenvalue weighted by atomic mass is 16.7. The monoisotopic (exact) mass is 508 g/mol. The molecule has 7 unspecified atom stereocenters. The molecule has 0 aliphatic carbocycles. The summed E-state index contributed by atoms with van der Waals surface area (Å²) in [5, 5.41) is 60.5. The maximum absolute atomic E-state index is 12.4. The number of aryl methyl sites for hydroxylation is 2. The highest BCUT2D eigenvalue weighted by Gasteiger charge is 2.43. The van der Waals surface area contributed by atoms with Gasteiger partial charge in [0.2, 0.25) is 0 Å². The number of hydrogen-bond donors (Lipinski definition) is 7. The number of aromatic amines is 1. The number of fused-ring (bicyclic) bond motifs is 2. The Bertz CT molecular complexity index is 1330. The lowest BCUT2D eigenvalue weighted by Gasteiger charge is -2.26. The van der Waals surface area contributed by atoms with Crippen molar-refractivity contribution in [2.24, 2.45) is 0 Å². The number of ether oxygens (including phenoxy) is 2. The molecule has 3 aliphatic rings. The van der Waals surface area contributed by atoms with Gasteiger partial charge in [-0.1, -0.05) is 0 Å². The van der Waals surface area contributed by atoms with Crippen LogP contribution in [-0.4, -0.2) is 106 Å². The normalized spacial score (nSPS) is 24.9. The van der Waals surface area contributed by atoms with E-state index in [-0.39, 0.29) is 18.1 Å². The molecule has 4 rings (SSSR count). The molecular weight excluding hydrogens is 480 g/mol. The fourth-order valence-corrected chi connectivity index (χ4v) is 4.08. The van der Waals surface area contributed by atoms with E-state index < -0.39 is 67.4 Å². The van der Waals surface area contributed by atoms with Gasteiger partial charge in [0.05, 0.1) is 30.8 Å². The van der Waals surface area contributed by atoms with Gasteiger partial charge in [0.1, 0.15) is 36.6 Å². The molecule has 196 valence electrons. The molecule has 3 heterocycles. The molecule has 0 saturated carbocycles. The van der Waals surface area contributed by atoms with E-state index in [2.05, 4.69) is 15.0 Å². The Hall–Kier alpha value is -2.82. The van der Waals surface area contributed by atoms with E-state index in [1.54, 1.807) is 12.1 Å². The van der Waals surface area contributed by atoms with Gasteiger partial charge in [-0.3, -0.25) is 9.78 Å². The summed E-state index contributed by atoms with van der Waals surface area (Å²) in [6, 6.07) is 3.47. The number of hydrogen-bond acceptors (Lipinski definition) is 12. The van der Waals surface area contributed by atoms with E-state index in [1.165, 1.54) is 4.57 Å². The first-order valence-electron chi connectivity index (χ1n) is 11.2. The lowest BCUT2D eigenvalue weighted by Crippen LogP contribution is -2.44. The maximum Gasteiger partial charge on any atom is 0.349 e. The zero-order valence-electron chi connectivity index (χ0n) is 19.5. The predicted molar refractivity (Wildman–Crippen MR) is 122 cm³/mol. The molecule has 0 spiro atoms. The smallest absolute Gasteiger partial charge is 0.349 e. The standard InChI is InChI=1S/C22H28N4O10/c1-8-3-10-11(4-9(8)2)26(19-15(23-10)20(33)25-22(34)24-19)5-12(28)16(30)13(29)7-35-21-18(32)17(31)14(6-27)36-21/h3-4,12-14,16-18,21,27-32H,5-7H2,1-2H3,(H,25,33,34). The molecule has 1 aromatic carbocycles. The van der Waals surface area contributed by atoms with Crippen molar-refractivity contribution in [2.45, 2.75) is 63.3 Å². The number of nitrogens with zero attached hydrogens (tertiary/aromatic N) is 3. The van der Waals surface area contributed by atoms with Gasteiger partial charge >= 0.3 is 5.69 Å². The number of aliphatic hydroxyl groups excluding tert-OH is 6. The van der Waals surface area contributed by atoms with Gasteiger partial charge in [-0.05, 0) is 37.1 Å². The molecule has 1 aromatic rings. The van der Waals surface area contributed by atoms with Crippen molar-refractivity contribution in [1.29, 1.82) is 0 Å². The van der Waals surface area contributed by atoms with Gasteiger partial charge in [0.25, 0.3) is 5.56 Å². The SMILES string of the molecule is Cc1cc2nc3c(=O)[nH]c(=O)nc-3n(CC(O)C(O)C(O)COC3OC(CO)C(O)C3O)c2cc1C. The van der Waals surface area contributed by atoms with E-state index in [0.29, 0.717) is 11.0 Å². The Kier molecular flexibility index (Phi) is 7.49. The third-order valence-electron chi connectivity index (χ3n) is 6.31. The van der Waals surface area contributed by atoms with E-state index >= 15 is 0 Å². The van der Waals surface area contributed by atoms with Crippen LogP contribution in [-0.2, 0) is 16.0 Å². The van der Waals surface area contributed by atoms with Crippen LogP contribution in [0.15, 0.2) is 21.7 Å². The first kappa shape index (κ1) is 26.2. The third-order valence-corrected chi connectivity index (χ3v) is 6.31. The van der Waals surface area contributed by atoms with E-state index in [9.17, 15) is 35.1 Å². The van der Waals surface area contributed by atoms with E-state index in [0.717, 1.165) is 11.1 Å². The Morgan fingerprint density at radius 3 is 2.44 bits per heavy atom. The summed E-state index contributed by atoms with van der Waals surface area (Å²) in [4.78, 5) is 34.5. The van der Waals surface area contributed by atoms with Crippen LogP contribution in [0.2, 0.25) is 0 Å². The maximum atomic E-state index is 12.4. The predicted octanol–water partition coefficient (Wildman–Crippen LogP) is -3.26. The second kappa shape index (κ2) is 10.3. The van der Waals surface area contributed by atoms with Crippen LogP contribution in [0.1, 0.15) is 11.1 Å². The Morgan fingerprint density at radius 1 is 1.08 bits per heavy atom. The number of benzene rings is 1. The lowest BCUT2D eigenvalue weighted by molar-refractivity contribution is -0.193. The number of nitrogens with one attached hydrogen (secondary N) is 1. The van der Waals surface area contributed by atoms with Crippen LogP contribution >= 0.6 is 0 Å². The lowest BCUT2D eigenvalue weighted by atomic mass is 10.1. The molecule has 14 heteroatoms. The topological polar surface area (TPSA) is 220 Å². The third kappa shape index (κ3) is 4.89. The number of aliphatic hydroxyl groups is 6. The summed E-state index contributed by atoms with van der Waals surface area (Å²) in [5.74, 6) is -0.108. The summed E-state index contributed by atoms with van der Waals surface area (Å²) < 4.78 is 11.7. The minimum atomic E-state index is -1.77. The number of H-pyrrole nitrogens is 1. The van der Waals surface area contributed by atoms with Crippen molar-refractivity contribution >= 4 is 11.0 Å². The molecule has 0 aromatic heterocycles. The molecule has 36 heavy (non-hydrogen) atoms.